The molecule has 0 amide bonds. The van der Waals surface area contributed by atoms with E-state index in [1.807, 2.05) is 0 Å². The van der Waals surface area contributed by atoms with Crippen molar-refractivity contribution in [3.63, 3.8) is 0 Å². The monoisotopic (exact) mass is 859 g/mol. The van der Waals surface area contributed by atoms with Crippen molar-refractivity contribution in [1.82, 2.24) is 4.57 Å². The van der Waals surface area contributed by atoms with Gasteiger partial charge in [-0.2, -0.15) is 0 Å². The molecule has 1 aromatic heterocycles. The Kier molecular flexibility index (Phi) is 8.70. The SMILES string of the molecule is c1ccc([Si](c2ccccc2)(c2ccccc2)c2ccc3c(c2)c2ccccc2n3-c2cc3c4c(c2)[Si](c2ccccc2)(c2ccccc2)c2ccccc2B4c2ccccc2O3)cc1. The highest BCUT2D eigenvalue weighted by Crippen LogP contribution is 2.35. The number of ether oxygens (including phenoxy) is 1. The minimum absolute atomic E-state index is 0.0380. The van der Waals surface area contributed by atoms with Crippen molar-refractivity contribution in [1.29, 1.82) is 0 Å². The quantitative estimate of drug-likeness (QED) is 0.133. The molecule has 3 heterocycles. The Hall–Kier alpha value is -7.70. The van der Waals surface area contributed by atoms with Gasteiger partial charge < -0.3 is 9.30 Å². The molecule has 0 bridgehead atoms. The second-order valence-electron chi connectivity index (χ2n) is 17.5. The predicted molar refractivity (Wildman–Crippen MR) is 279 cm³/mol. The van der Waals surface area contributed by atoms with E-state index < -0.39 is 16.1 Å². The zero-order chi connectivity index (χ0) is 43.0. The lowest BCUT2D eigenvalue weighted by molar-refractivity contribution is 0.487. The summed E-state index contributed by atoms with van der Waals surface area (Å²) >= 11 is 0. The summed E-state index contributed by atoms with van der Waals surface area (Å²) in [7, 11) is -5.76. The van der Waals surface area contributed by atoms with Crippen molar-refractivity contribution in [3.8, 4) is 17.2 Å². The fraction of sp³-hybridized carbons (Fsp3) is 0. The first-order valence-electron chi connectivity index (χ1n) is 22.6. The van der Waals surface area contributed by atoms with E-state index in [1.165, 1.54) is 79.7 Å². The highest BCUT2D eigenvalue weighted by molar-refractivity contribution is 7.26. The summed E-state index contributed by atoms with van der Waals surface area (Å²) in [5.74, 6) is 1.86. The van der Waals surface area contributed by atoms with Crippen LogP contribution in [0.2, 0.25) is 0 Å². The lowest BCUT2D eigenvalue weighted by atomic mass is 9.35. The summed E-state index contributed by atoms with van der Waals surface area (Å²) in [6.07, 6.45) is 0. The summed E-state index contributed by atoms with van der Waals surface area (Å²) in [6.45, 7) is 0.0380. The van der Waals surface area contributed by atoms with Crippen LogP contribution in [0.3, 0.4) is 0 Å². The van der Waals surface area contributed by atoms with Gasteiger partial charge in [0.05, 0.1) is 11.0 Å². The molecule has 2 nitrogen and oxygen atoms in total. The third-order valence-corrected chi connectivity index (χ3v) is 24.0. The fourth-order valence-corrected chi connectivity index (χ4v) is 21.9. The molecule has 13 rings (SSSR count). The molecule has 0 radical (unpaired) electrons. The van der Waals surface area contributed by atoms with Gasteiger partial charge in [-0.05, 0) is 76.7 Å². The van der Waals surface area contributed by atoms with Crippen molar-refractivity contribution in [3.05, 3.63) is 255 Å². The number of aromatic nitrogens is 1. The molecule has 0 atom stereocenters. The average molecular weight is 860 g/mol. The molecule has 5 heteroatoms. The van der Waals surface area contributed by atoms with E-state index in [0.29, 0.717) is 0 Å². The standard InChI is InChI=1S/C60H42BNOSi2/c1-6-22-44(23-7-1)64(45-24-8-2-9-25-45,46-26-10-3-11-27-46)49-38-39-55-51(42-49)50-32-16-19-35-54(50)62(55)43-40-57-60-59(41-43)65(47-28-12-4-13-29-47,48-30-14-5-15-31-48)58-37-21-18-34-53(58)61(60)52-33-17-20-36-56(52)63-57/h1-42H. The fourth-order valence-electron chi connectivity index (χ4n) is 11.8. The highest BCUT2D eigenvalue weighted by atomic mass is 28.3. The minimum atomic E-state index is -2.97. The molecule has 0 spiro atoms. The van der Waals surface area contributed by atoms with Crippen LogP contribution in [0.4, 0.5) is 0 Å². The van der Waals surface area contributed by atoms with Crippen LogP contribution < -0.4 is 62.6 Å². The van der Waals surface area contributed by atoms with Gasteiger partial charge in [0.15, 0.2) is 16.1 Å². The number of hydrogen-bond donors (Lipinski definition) is 0. The third kappa shape index (κ3) is 5.46. The van der Waals surface area contributed by atoms with Crippen molar-refractivity contribution < 1.29 is 4.74 Å². The lowest BCUT2D eigenvalue weighted by Crippen LogP contribution is -2.87. The van der Waals surface area contributed by atoms with E-state index in [-0.39, 0.29) is 6.71 Å². The largest absolute Gasteiger partial charge is 0.458 e. The molecule has 0 saturated carbocycles. The predicted octanol–water partition coefficient (Wildman–Crippen LogP) is 6.47. The Balaban J connectivity index is 1.13. The molecule has 2 aliphatic rings. The van der Waals surface area contributed by atoms with Gasteiger partial charge in [0.1, 0.15) is 11.5 Å². The van der Waals surface area contributed by atoms with Crippen LogP contribution in [0.1, 0.15) is 0 Å². The summed E-state index contributed by atoms with van der Waals surface area (Å²) < 4.78 is 9.70. The maximum absolute atomic E-state index is 7.19. The van der Waals surface area contributed by atoms with Crippen molar-refractivity contribution in [2.45, 2.75) is 0 Å². The summed E-state index contributed by atoms with van der Waals surface area (Å²) in [4.78, 5) is 0. The number of rotatable bonds is 7. The average Bonchev–Trinajstić information content (AvgIpc) is 3.72. The molecular formula is C60H42BNOSi2. The molecule has 2 aliphatic heterocycles. The Morgan fingerprint density at radius 2 is 0.877 bits per heavy atom. The van der Waals surface area contributed by atoms with Crippen LogP contribution in [0.15, 0.2) is 255 Å². The van der Waals surface area contributed by atoms with Gasteiger partial charge in [0, 0.05) is 22.5 Å². The first kappa shape index (κ1) is 37.8. The molecule has 304 valence electrons. The number of nitrogens with zero attached hydrogens (tertiary/aromatic N) is 1. The van der Waals surface area contributed by atoms with Crippen LogP contribution in [-0.4, -0.2) is 27.4 Å². The molecule has 0 saturated heterocycles. The smallest absolute Gasteiger partial charge is 0.250 e. The zero-order valence-corrected chi connectivity index (χ0v) is 37.7. The van der Waals surface area contributed by atoms with E-state index in [9.17, 15) is 0 Å². The van der Waals surface area contributed by atoms with Gasteiger partial charge in [0.2, 0.25) is 0 Å². The Morgan fingerprint density at radius 3 is 1.51 bits per heavy atom. The van der Waals surface area contributed by atoms with Crippen LogP contribution in [0.25, 0.3) is 27.5 Å². The van der Waals surface area contributed by atoms with Crippen molar-refractivity contribution >= 4 is 103 Å². The summed E-state index contributed by atoms with van der Waals surface area (Å²) in [5.41, 5.74) is 7.34. The Labute approximate surface area is 381 Å². The maximum atomic E-state index is 7.19. The van der Waals surface area contributed by atoms with Crippen LogP contribution >= 0.6 is 0 Å². The van der Waals surface area contributed by atoms with Gasteiger partial charge in [0.25, 0.3) is 6.71 Å². The minimum Gasteiger partial charge on any atom is -0.458 e. The normalized spacial score (nSPS) is 13.4. The maximum Gasteiger partial charge on any atom is 0.250 e. The molecule has 65 heavy (non-hydrogen) atoms. The highest BCUT2D eigenvalue weighted by Gasteiger charge is 2.53. The number of fused-ring (bicyclic) bond motifs is 7. The van der Waals surface area contributed by atoms with Gasteiger partial charge in [-0.1, -0.05) is 230 Å². The first-order valence-corrected chi connectivity index (χ1v) is 26.6. The van der Waals surface area contributed by atoms with E-state index >= 15 is 0 Å². The van der Waals surface area contributed by atoms with Crippen LogP contribution in [0.5, 0.6) is 11.5 Å². The van der Waals surface area contributed by atoms with Gasteiger partial charge >= 0.3 is 0 Å². The second kappa shape index (κ2) is 15.0. The van der Waals surface area contributed by atoms with Gasteiger partial charge in [-0.25, -0.2) is 0 Å². The topological polar surface area (TPSA) is 14.2 Å². The number of benzene rings is 10. The summed E-state index contributed by atoms with van der Waals surface area (Å²) in [6, 6.07) is 95.6. The van der Waals surface area contributed by atoms with Crippen molar-refractivity contribution in [2.75, 3.05) is 0 Å². The number of hydrogen-bond acceptors (Lipinski definition) is 1. The molecule has 10 aromatic carbocycles. The second-order valence-corrected chi connectivity index (χ2v) is 25.0. The zero-order valence-electron chi connectivity index (χ0n) is 35.7. The molecule has 0 N–H and O–H groups in total. The molecule has 11 aromatic rings. The van der Waals surface area contributed by atoms with E-state index in [1.54, 1.807) is 0 Å². The molecule has 0 unspecified atom stereocenters. The lowest BCUT2D eigenvalue weighted by Gasteiger charge is -2.45. The van der Waals surface area contributed by atoms with E-state index in [2.05, 4.69) is 259 Å². The van der Waals surface area contributed by atoms with Crippen LogP contribution in [-0.2, 0) is 0 Å². The van der Waals surface area contributed by atoms with Gasteiger partial charge in [-0.3, -0.25) is 0 Å². The van der Waals surface area contributed by atoms with E-state index in [4.69, 9.17) is 4.74 Å². The first-order chi connectivity index (χ1) is 32.3. The van der Waals surface area contributed by atoms with Crippen LogP contribution in [0, 0.1) is 0 Å². The summed E-state index contributed by atoms with van der Waals surface area (Å²) in [5, 5.41) is 13.5. The molecule has 0 aliphatic carbocycles. The Bertz CT molecular complexity index is 3440. The van der Waals surface area contributed by atoms with Crippen molar-refractivity contribution in [2.24, 2.45) is 0 Å². The number of para-hydroxylation sites is 2. The molecular weight excluding hydrogens is 818 g/mol. The van der Waals surface area contributed by atoms with Gasteiger partial charge in [-0.15, -0.1) is 0 Å². The molecule has 0 fully saturated rings. The third-order valence-electron chi connectivity index (χ3n) is 14.3. The van der Waals surface area contributed by atoms with E-state index in [0.717, 1.165) is 17.2 Å². The Morgan fingerprint density at radius 1 is 0.369 bits per heavy atom.